The fourth-order valence-electron chi connectivity index (χ4n) is 4.51. The molecular weight excluding hydrogens is 410 g/mol. The summed E-state index contributed by atoms with van der Waals surface area (Å²) in [5.41, 5.74) is 2.86. The summed E-state index contributed by atoms with van der Waals surface area (Å²) in [4.78, 5) is 39.3. The lowest BCUT2D eigenvalue weighted by atomic mass is 9.69. The highest BCUT2D eigenvalue weighted by Crippen LogP contribution is 2.46. The standard InChI is InChI=1S/C25H31NO6/c1-7-31-17-10-8-9-16(12-17)21-20(25(29)32-13(2)3)15(5)26-18-11-14(4)19(24(28)30-6)23(27)22(18)21/h8-10,12-14,19,21,26H,7,11H2,1-6H3. The van der Waals surface area contributed by atoms with Crippen LogP contribution in [0.3, 0.4) is 0 Å². The number of ketones is 1. The van der Waals surface area contributed by atoms with Crippen molar-refractivity contribution in [3.8, 4) is 5.75 Å². The molecule has 7 nitrogen and oxygen atoms in total. The van der Waals surface area contributed by atoms with E-state index in [4.69, 9.17) is 14.2 Å². The predicted octanol–water partition coefficient (Wildman–Crippen LogP) is 3.65. The molecule has 172 valence electrons. The molecule has 0 amide bonds. The van der Waals surface area contributed by atoms with Gasteiger partial charge in [0.25, 0.3) is 0 Å². The minimum atomic E-state index is -0.918. The van der Waals surface area contributed by atoms with E-state index in [1.807, 2.05) is 45.0 Å². The number of rotatable bonds is 6. The van der Waals surface area contributed by atoms with E-state index in [2.05, 4.69) is 5.32 Å². The van der Waals surface area contributed by atoms with Crippen molar-refractivity contribution in [1.82, 2.24) is 5.32 Å². The van der Waals surface area contributed by atoms with Gasteiger partial charge in [-0.2, -0.15) is 0 Å². The van der Waals surface area contributed by atoms with Crippen LogP contribution in [-0.4, -0.2) is 37.5 Å². The third-order valence-electron chi connectivity index (χ3n) is 5.81. The number of hydrogen-bond acceptors (Lipinski definition) is 7. The van der Waals surface area contributed by atoms with Gasteiger partial charge in [0.05, 0.1) is 25.4 Å². The number of Topliss-reactive ketones (excluding diaryl/α,β-unsaturated/α-hetero) is 1. The topological polar surface area (TPSA) is 90.9 Å². The van der Waals surface area contributed by atoms with Crippen LogP contribution in [0, 0.1) is 11.8 Å². The molecule has 2 aliphatic rings. The zero-order valence-electron chi connectivity index (χ0n) is 19.5. The SMILES string of the molecule is CCOc1cccc(C2C(C(=O)OC(C)C)=C(C)NC3=C2C(=O)C(C(=O)OC)C(C)C3)c1. The van der Waals surface area contributed by atoms with Crippen LogP contribution in [0.4, 0.5) is 0 Å². The zero-order chi connectivity index (χ0) is 23.6. The van der Waals surface area contributed by atoms with Gasteiger partial charge < -0.3 is 19.5 Å². The van der Waals surface area contributed by atoms with Crippen LogP contribution in [0.2, 0.25) is 0 Å². The molecule has 1 aromatic carbocycles. The average Bonchev–Trinajstić information content (AvgIpc) is 2.72. The Morgan fingerprint density at radius 3 is 2.59 bits per heavy atom. The molecule has 0 saturated carbocycles. The fraction of sp³-hybridized carbons (Fsp3) is 0.480. The molecule has 0 aromatic heterocycles. The molecule has 1 aliphatic heterocycles. The van der Waals surface area contributed by atoms with Crippen molar-refractivity contribution in [1.29, 1.82) is 0 Å². The van der Waals surface area contributed by atoms with Gasteiger partial charge in [-0.1, -0.05) is 19.1 Å². The van der Waals surface area contributed by atoms with Crippen LogP contribution in [0.15, 0.2) is 46.8 Å². The van der Waals surface area contributed by atoms with Crippen molar-refractivity contribution in [2.75, 3.05) is 13.7 Å². The van der Waals surface area contributed by atoms with E-state index in [1.165, 1.54) is 7.11 Å². The van der Waals surface area contributed by atoms with Crippen molar-refractivity contribution in [3.63, 3.8) is 0 Å². The minimum Gasteiger partial charge on any atom is -0.494 e. The second-order valence-corrected chi connectivity index (χ2v) is 8.49. The Morgan fingerprint density at radius 2 is 1.97 bits per heavy atom. The number of benzene rings is 1. The number of carbonyl (C=O) groups is 3. The maximum atomic E-state index is 13.7. The van der Waals surface area contributed by atoms with Gasteiger partial charge in [-0.05, 0) is 57.7 Å². The van der Waals surface area contributed by atoms with E-state index in [9.17, 15) is 14.4 Å². The summed E-state index contributed by atoms with van der Waals surface area (Å²) < 4.78 is 16.1. The third kappa shape index (κ3) is 4.42. The second kappa shape index (κ2) is 9.59. The molecule has 1 heterocycles. The lowest BCUT2D eigenvalue weighted by molar-refractivity contribution is -0.151. The van der Waals surface area contributed by atoms with E-state index in [-0.39, 0.29) is 17.8 Å². The average molecular weight is 442 g/mol. The van der Waals surface area contributed by atoms with Gasteiger partial charge in [0.2, 0.25) is 0 Å². The first-order chi connectivity index (χ1) is 15.2. The van der Waals surface area contributed by atoms with Crippen molar-refractivity contribution in [3.05, 3.63) is 52.4 Å². The summed E-state index contributed by atoms with van der Waals surface area (Å²) in [7, 11) is 1.28. The van der Waals surface area contributed by atoms with Crippen molar-refractivity contribution in [2.24, 2.45) is 11.8 Å². The molecule has 32 heavy (non-hydrogen) atoms. The highest BCUT2D eigenvalue weighted by atomic mass is 16.5. The molecule has 0 spiro atoms. The van der Waals surface area contributed by atoms with E-state index >= 15 is 0 Å². The molecular formula is C25H31NO6. The summed E-state index contributed by atoms with van der Waals surface area (Å²) in [5, 5.41) is 3.25. The highest BCUT2D eigenvalue weighted by molar-refractivity contribution is 6.12. The van der Waals surface area contributed by atoms with Crippen LogP contribution in [0.1, 0.15) is 52.5 Å². The van der Waals surface area contributed by atoms with Gasteiger partial charge in [0.15, 0.2) is 5.78 Å². The normalized spacial score (nSPS) is 23.0. The highest BCUT2D eigenvalue weighted by Gasteiger charge is 2.47. The second-order valence-electron chi connectivity index (χ2n) is 8.49. The number of ether oxygens (including phenoxy) is 3. The van der Waals surface area contributed by atoms with Crippen LogP contribution in [-0.2, 0) is 23.9 Å². The maximum absolute atomic E-state index is 13.7. The number of allylic oxidation sites excluding steroid dienone is 3. The molecule has 7 heteroatoms. The molecule has 0 saturated heterocycles. The maximum Gasteiger partial charge on any atom is 0.337 e. The van der Waals surface area contributed by atoms with Crippen LogP contribution >= 0.6 is 0 Å². The molecule has 3 unspecified atom stereocenters. The molecule has 1 N–H and O–H groups in total. The Labute approximate surface area is 188 Å². The Hall–Kier alpha value is -3.09. The Morgan fingerprint density at radius 1 is 1.25 bits per heavy atom. The Balaban J connectivity index is 2.19. The first-order valence-electron chi connectivity index (χ1n) is 11.0. The largest absolute Gasteiger partial charge is 0.494 e. The first kappa shape index (κ1) is 23.6. The van der Waals surface area contributed by atoms with Crippen LogP contribution in [0.5, 0.6) is 5.75 Å². The lowest BCUT2D eigenvalue weighted by Gasteiger charge is -2.38. The lowest BCUT2D eigenvalue weighted by Crippen LogP contribution is -2.43. The molecule has 3 rings (SSSR count). The Bertz CT molecular complexity index is 990. The van der Waals surface area contributed by atoms with Crippen LogP contribution < -0.4 is 10.1 Å². The molecule has 1 aliphatic carbocycles. The monoisotopic (exact) mass is 441 g/mol. The predicted molar refractivity (Wildman–Crippen MR) is 119 cm³/mol. The van der Waals surface area contributed by atoms with E-state index in [1.54, 1.807) is 13.8 Å². The van der Waals surface area contributed by atoms with Gasteiger partial charge >= 0.3 is 11.9 Å². The number of esters is 2. The van der Waals surface area contributed by atoms with E-state index < -0.39 is 23.8 Å². The number of carbonyl (C=O) groups excluding carboxylic acids is 3. The molecule has 0 fully saturated rings. The van der Waals surface area contributed by atoms with E-state index in [0.29, 0.717) is 35.6 Å². The van der Waals surface area contributed by atoms with Gasteiger partial charge in [-0.15, -0.1) is 0 Å². The van der Waals surface area contributed by atoms with Crippen molar-refractivity contribution >= 4 is 17.7 Å². The third-order valence-corrected chi connectivity index (χ3v) is 5.81. The quantitative estimate of drug-likeness (QED) is 0.532. The number of nitrogens with one attached hydrogen (secondary N) is 1. The molecule has 3 atom stereocenters. The summed E-state index contributed by atoms with van der Waals surface area (Å²) in [5.74, 6) is -2.57. The summed E-state index contributed by atoms with van der Waals surface area (Å²) in [6.45, 7) is 9.60. The molecule has 0 radical (unpaired) electrons. The Kier molecular flexibility index (Phi) is 7.06. The van der Waals surface area contributed by atoms with Crippen molar-refractivity contribution in [2.45, 2.75) is 53.1 Å². The summed E-state index contributed by atoms with van der Waals surface area (Å²) in [6.07, 6.45) is 0.172. The molecule has 0 bridgehead atoms. The number of methoxy groups -OCH3 is 1. The van der Waals surface area contributed by atoms with Gasteiger partial charge in [0, 0.05) is 22.9 Å². The first-order valence-corrected chi connectivity index (χ1v) is 11.0. The van der Waals surface area contributed by atoms with E-state index in [0.717, 1.165) is 11.3 Å². The van der Waals surface area contributed by atoms with Crippen LogP contribution in [0.25, 0.3) is 0 Å². The fourth-order valence-corrected chi connectivity index (χ4v) is 4.51. The summed E-state index contributed by atoms with van der Waals surface area (Å²) >= 11 is 0. The molecule has 1 aromatic rings. The minimum absolute atomic E-state index is 0.228. The number of dihydropyridines is 1. The smallest absolute Gasteiger partial charge is 0.337 e. The van der Waals surface area contributed by atoms with Gasteiger partial charge in [-0.3, -0.25) is 9.59 Å². The van der Waals surface area contributed by atoms with Gasteiger partial charge in [0.1, 0.15) is 11.7 Å². The number of hydrogen-bond donors (Lipinski definition) is 1. The summed E-state index contributed by atoms with van der Waals surface area (Å²) in [6, 6.07) is 7.35. The van der Waals surface area contributed by atoms with Crippen molar-refractivity contribution < 1.29 is 28.6 Å². The van der Waals surface area contributed by atoms with Gasteiger partial charge in [-0.25, -0.2) is 4.79 Å². The zero-order valence-corrected chi connectivity index (χ0v) is 19.5.